The minimum absolute atomic E-state index is 0. The van der Waals surface area contributed by atoms with E-state index in [1.807, 2.05) is 56.4 Å². The van der Waals surface area contributed by atoms with Crippen LogP contribution in [0.15, 0.2) is 48.5 Å². The van der Waals surface area contributed by atoms with Crippen molar-refractivity contribution in [1.82, 2.24) is 19.9 Å². The largest absolute Gasteiger partial charge is 0.384 e. The van der Waals surface area contributed by atoms with Crippen molar-refractivity contribution in [2.24, 2.45) is 0 Å². The molecule has 0 saturated heterocycles. The summed E-state index contributed by atoms with van der Waals surface area (Å²) in [6.07, 6.45) is 7.76. The number of hydrogen-bond donors (Lipinski definition) is 2. The number of H-pyrrole nitrogens is 2. The van der Waals surface area contributed by atoms with Crippen molar-refractivity contribution in [2.45, 2.75) is 20.1 Å². The number of aromatic nitrogens is 4. The fraction of sp³-hybridized carbons (Fsp3) is 0.192. The maximum absolute atomic E-state index is 4.95. The number of ether oxygens (including phenoxy) is 2. The molecule has 5 heterocycles. The fourth-order valence-electron chi connectivity index (χ4n) is 3.36. The van der Waals surface area contributed by atoms with Gasteiger partial charge in [-0.2, -0.15) is 0 Å². The molecule has 2 N–H and O–H groups in total. The molecule has 0 aliphatic carbocycles. The summed E-state index contributed by atoms with van der Waals surface area (Å²) in [5.74, 6) is 0. The van der Waals surface area contributed by atoms with Crippen LogP contribution in [0.1, 0.15) is 36.6 Å². The van der Waals surface area contributed by atoms with Crippen LogP contribution in [0.25, 0.3) is 46.4 Å². The van der Waals surface area contributed by atoms with Gasteiger partial charge in [0.1, 0.15) is 0 Å². The topological polar surface area (TPSA) is 75.8 Å². The zero-order valence-electron chi connectivity index (χ0n) is 18.7. The van der Waals surface area contributed by atoms with Crippen molar-refractivity contribution in [2.75, 3.05) is 13.2 Å². The van der Waals surface area contributed by atoms with Gasteiger partial charge < -0.3 is 19.4 Å². The molecule has 7 heteroatoms. The molecule has 6 nitrogen and oxygen atoms in total. The van der Waals surface area contributed by atoms with Gasteiger partial charge >= 0.3 is 0 Å². The van der Waals surface area contributed by atoms with Crippen LogP contribution in [-0.4, -0.2) is 39.4 Å². The van der Waals surface area contributed by atoms with Gasteiger partial charge in [0.15, 0.2) is 0 Å². The van der Waals surface area contributed by atoms with Crippen LogP contribution in [-0.2, 0) is 26.3 Å². The number of nitrogens with zero attached hydrogens (tertiary/aromatic N) is 2. The SMILES string of the molecule is C1=Cc2cc3ccc(cc4ccc(cc5nc(cc1n2)C=C5)[nH]4)[nH]3.[CH2-]C(OCC)OCC.[Co]. The van der Waals surface area contributed by atoms with Gasteiger partial charge in [-0.15, -0.1) is 0 Å². The van der Waals surface area contributed by atoms with Crippen LogP contribution < -0.4 is 0 Å². The van der Waals surface area contributed by atoms with E-state index in [4.69, 9.17) is 9.47 Å². The second-order valence-corrected chi connectivity index (χ2v) is 7.25. The Labute approximate surface area is 204 Å². The molecule has 0 saturated carbocycles. The van der Waals surface area contributed by atoms with Crippen molar-refractivity contribution in [3.8, 4) is 0 Å². The van der Waals surface area contributed by atoms with E-state index < -0.39 is 0 Å². The van der Waals surface area contributed by atoms with E-state index in [0.29, 0.717) is 13.2 Å². The van der Waals surface area contributed by atoms with E-state index in [2.05, 4.69) is 57.2 Å². The molecular weight excluding hydrogens is 459 g/mol. The molecule has 0 fully saturated rings. The van der Waals surface area contributed by atoms with E-state index in [1.165, 1.54) is 0 Å². The third kappa shape index (κ3) is 7.00. The molecule has 2 aliphatic heterocycles. The van der Waals surface area contributed by atoms with Crippen molar-refractivity contribution in [3.05, 3.63) is 78.2 Å². The molecule has 173 valence electrons. The fourth-order valence-corrected chi connectivity index (χ4v) is 3.36. The molecule has 0 unspecified atom stereocenters. The van der Waals surface area contributed by atoms with Gasteiger partial charge in [-0.25, -0.2) is 9.97 Å². The van der Waals surface area contributed by atoms with Gasteiger partial charge in [0.05, 0.1) is 22.8 Å². The Balaban J connectivity index is 0.000000297. The molecule has 3 aromatic heterocycles. The van der Waals surface area contributed by atoms with Gasteiger partial charge in [0.25, 0.3) is 0 Å². The first-order valence-corrected chi connectivity index (χ1v) is 10.7. The summed E-state index contributed by atoms with van der Waals surface area (Å²) >= 11 is 0. The molecule has 1 radical (unpaired) electrons. The van der Waals surface area contributed by atoms with Crippen LogP contribution in [0.4, 0.5) is 0 Å². The Morgan fingerprint density at radius 2 is 1.03 bits per heavy atom. The van der Waals surface area contributed by atoms with E-state index >= 15 is 0 Å². The summed E-state index contributed by atoms with van der Waals surface area (Å²) in [5.41, 5.74) is 7.86. The van der Waals surface area contributed by atoms with Gasteiger partial charge in [0.2, 0.25) is 0 Å². The Bertz CT molecular complexity index is 1200. The predicted molar refractivity (Wildman–Crippen MR) is 131 cm³/mol. The Morgan fingerprint density at radius 3 is 1.42 bits per heavy atom. The molecule has 0 aromatic carbocycles. The maximum atomic E-state index is 4.95. The third-order valence-corrected chi connectivity index (χ3v) is 4.75. The Hall–Kier alpha value is -2.97. The maximum Gasteiger partial charge on any atom is 0.0659 e. The molecule has 0 amide bonds. The average Bonchev–Trinajstić information content (AvgIpc) is 3.55. The summed E-state index contributed by atoms with van der Waals surface area (Å²) in [4.78, 5) is 16.0. The second kappa shape index (κ2) is 11.8. The minimum Gasteiger partial charge on any atom is -0.384 e. The molecule has 33 heavy (non-hydrogen) atoms. The molecular formula is C26H27CoN4O2-. The van der Waals surface area contributed by atoms with Gasteiger partial charge in [0, 0.05) is 58.3 Å². The summed E-state index contributed by atoms with van der Waals surface area (Å²) in [5, 5.41) is 0. The van der Waals surface area contributed by atoms with Crippen LogP contribution in [0.3, 0.4) is 0 Å². The summed E-state index contributed by atoms with van der Waals surface area (Å²) in [6.45, 7) is 8.72. The van der Waals surface area contributed by atoms with E-state index in [9.17, 15) is 0 Å². The first-order valence-electron chi connectivity index (χ1n) is 10.7. The average molecular weight is 486 g/mol. The first-order chi connectivity index (χ1) is 15.6. The molecule has 3 aromatic rings. The van der Waals surface area contributed by atoms with E-state index in [-0.39, 0.29) is 23.1 Å². The zero-order chi connectivity index (χ0) is 22.3. The standard InChI is InChI=1S/C20H14N4.C6H13O2.Co/c1-2-14-10-16-5-6-18(23-16)12-20-8-7-19(24-20)11-17-4-3-15(22-17)9-13(1)21-14;1-4-7-6(3)8-5-2;/h1-12,21-22H;6H,3-5H2,1-2H3;/q;-1;. The zero-order valence-corrected chi connectivity index (χ0v) is 19.7. The quantitative estimate of drug-likeness (QED) is 0.246. The van der Waals surface area contributed by atoms with Gasteiger partial charge in [-0.3, -0.25) is 6.92 Å². The summed E-state index contributed by atoms with van der Waals surface area (Å²) in [7, 11) is 0. The molecule has 0 spiro atoms. The number of fused-ring (bicyclic) bond motifs is 8. The van der Waals surface area contributed by atoms with Crippen LogP contribution in [0.5, 0.6) is 0 Å². The summed E-state index contributed by atoms with van der Waals surface area (Å²) in [6, 6.07) is 16.4. The minimum atomic E-state index is -0.287. The number of aromatic amines is 2. The molecule has 8 bridgehead atoms. The number of nitrogens with one attached hydrogen (secondary N) is 2. The van der Waals surface area contributed by atoms with Crippen LogP contribution >= 0.6 is 0 Å². The molecule has 0 atom stereocenters. The van der Waals surface area contributed by atoms with E-state index in [1.54, 1.807) is 0 Å². The normalized spacial score (nSPS) is 11.8. The Morgan fingerprint density at radius 1 is 0.667 bits per heavy atom. The van der Waals surface area contributed by atoms with Crippen LogP contribution in [0, 0.1) is 6.92 Å². The number of hydrogen-bond acceptors (Lipinski definition) is 4. The Kier molecular flexibility index (Phi) is 8.79. The van der Waals surface area contributed by atoms with Gasteiger partial charge in [-0.1, -0.05) is 0 Å². The van der Waals surface area contributed by atoms with Crippen molar-refractivity contribution < 1.29 is 26.3 Å². The number of rotatable bonds is 4. The smallest absolute Gasteiger partial charge is 0.0659 e. The van der Waals surface area contributed by atoms with Crippen molar-refractivity contribution in [3.63, 3.8) is 0 Å². The molecule has 2 aliphatic rings. The molecule has 5 rings (SSSR count). The predicted octanol–water partition coefficient (Wildman–Crippen LogP) is 5.87. The summed E-state index contributed by atoms with van der Waals surface area (Å²) < 4.78 is 9.90. The first kappa shape index (κ1) is 24.7. The monoisotopic (exact) mass is 486 g/mol. The van der Waals surface area contributed by atoms with E-state index in [0.717, 1.165) is 44.8 Å². The van der Waals surface area contributed by atoms with Gasteiger partial charge in [-0.05, 0) is 86.7 Å². The third-order valence-electron chi connectivity index (χ3n) is 4.75. The van der Waals surface area contributed by atoms with Crippen molar-refractivity contribution >= 4 is 46.4 Å². The van der Waals surface area contributed by atoms with Crippen molar-refractivity contribution in [1.29, 1.82) is 0 Å². The second-order valence-electron chi connectivity index (χ2n) is 7.25. The van der Waals surface area contributed by atoms with Crippen LogP contribution in [0.2, 0.25) is 0 Å².